The van der Waals surface area contributed by atoms with Gasteiger partial charge in [-0.25, -0.2) is 0 Å². The number of hydrogen-bond donors (Lipinski definition) is 1. The van der Waals surface area contributed by atoms with Crippen molar-refractivity contribution in [2.75, 3.05) is 19.6 Å². The number of carbonyl (C=O) groups is 1. The normalized spacial score (nSPS) is 10.9. The second-order valence-electron chi connectivity index (χ2n) is 3.94. The molecule has 0 saturated heterocycles. The van der Waals surface area contributed by atoms with E-state index in [4.69, 9.17) is 5.11 Å². The lowest BCUT2D eigenvalue weighted by atomic mass is 10.1. The van der Waals surface area contributed by atoms with Crippen molar-refractivity contribution >= 4 is 5.97 Å². The van der Waals surface area contributed by atoms with Gasteiger partial charge < -0.3 is 10.0 Å². The first-order chi connectivity index (χ1) is 7.20. The average molecular weight is 215 g/mol. The summed E-state index contributed by atoms with van der Waals surface area (Å²) in [5.41, 5.74) is 0. The van der Waals surface area contributed by atoms with Crippen LogP contribution in [0.1, 0.15) is 52.4 Å². The Kier molecular flexibility index (Phi) is 9.59. The maximum atomic E-state index is 10.2. The van der Waals surface area contributed by atoms with E-state index in [1.54, 1.807) is 0 Å². The Bertz CT molecular complexity index is 156. The van der Waals surface area contributed by atoms with E-state index in [2.05, 4.69) is 18.7 Å². The van der Waals surface area contributed by atoms with E-state index < -0.39 is 5.97 Å². The molecule has 0 fully saturated rings. The van der Waals surface area contributed by atoms with E-state index in [9.17, 15) is 4.79 Å². The Balaban J connectivity index is 3.14. The predicted molar refractivity (Wildman–Crippen MR) is 63.1 cm³/mol. The fourth-order valence-corrected chi connectivity index (χ4v) is 1.68. The lowest BCUT2D eigenvalue weighted by Crippen LogP contribution is -2.23. The van der Waals surface area contributed by atoms with Crippen LogP contribution in [0.4, 0.5) is 0 Å². The van der Waals surface area contributed by atoms with Crippen molar-refractivity contribution in [3.63, 3.8) is 0 Å². The molecule has 0 heterocycles. The van der Waals surface area contributed by atoms with Gasteiger partial charge in [0.2, 0.25) is 0 Å². The van der Waals surface area contributed by atoms with Crippen LogP contribution in [0.5, 0.6) is 0 Å². The first-order valence-corrected chi connectivity index (χ1v) is 6.14. The minimum absolute atomic E-state index is 0.329. The van der Waals surface area contributed by atoms with Crippen LogP contribution in [0.3, 0.4) is 0 Å². The third-order valence-corrected chi connectivity index (χ3v) is 2.76. The second kappa shape index (κ2) is 9.97. The first kappa shape index (κ1) is 14.4. The predicted octanol–water partition coefficient (Wildman–Crippen LogP) is 2.75. The largest absolute Gasteiger partial charge is 0.481 e. The molecule has 0 rings (SSSR count). The lowest BCUT2D eigenvalue weighted by molar-refractivity contribution is -0.137. The summed E-state index contributed by atoms with van der Waals surface area (Å²) in [5.74, 6) is -0.668. The van der Waals surface area contributed by atoms with Gasteiger partial charge in [0.1, 0.15) is 0 Å². The van der Waals surface area contributed by atoms with E-state index in [0.29, 0.717) is 6.42 Å². The molecule has 0 atom stereocenters. The quantitative estimate of drug-likeness (QED) is 0.570. The Hall–Kier alpha value is -0.570. The summed E-state index contributed by atoms with van der Waals surface area (Å²) in [6.45, 7) is 7.84. The molecule has 0 aromatic heterocycles. The van der Waals surface area contributed by atoms with E-state index in [1.165, 1.54) is 25.8 Å². The maximum Gasteiger partial charge on any atom is 0.303 e. The number of hydrogen-bond acceptors (Lipinski definition) is 2. The number of aliphatic carboxylic acids is 1. The van der Waals surface area contributed by atoms with Gasteiger partial charge in [-0.05, 0) is 32.5 Å². The summed E-state index contributed by atoms with van der Waals surface area (Å²) < 4.78 is 0. The van der Waals surface area contributed by atoms with Crippen molar-refractivity contribution in [2.24, 2.45) is 0 Å². The molecule has 0 aromatic rings. The van der Waals surface area contributed by atoms with Gasteiger partial charge in [-0.3, -0.25) is 4.79 Å². The monoisotopic (exact) mass is 215 g/mol. The Labute approximate surface area is 93.5 Å². The molecule has 90 valence electrons. The van der Waals surface area contributed by atoms with Gasteiger partial charge in [-0.15, -0.1) is 0 Å². The van der Waals surface area contributed by atoms with E-state index >= 15 is 0 Å². The molecule has 0 spiro atoms. The Morgan fingerprint density at radius 1 is 1.00 bits per heavy atom. The molecule has 15 heavy (non-hydrogen) atoms. The van der Waals surface area contributed by atoms with Crippen molar-refractivity contribution < 1.29 is 9.90 Å². The summed E-state index contributed by atoms with van der Waals surface area (Å²) in [5, 5.41) is 8.45. The zero-order chi connectivity index (χ0) is 11.5. The zero-order valence-electron chi connectivity index (χ0n) is 10.2. The third-order valence-electron chi connectivity index (χ3n) is 2.76. The van der Waals surface area contributed by atoms with Gasteiger partial charge in [-0.1, -0.05) is 33.1 Å². The highest BCUT2D eigenvalue weighted by Gasteiger charge is 1.99. The highest BCUT2D eigenvalue weighted by atomic mass is 16.4. The number of rotatable bonds is 10. The fourth-order valence-electron chi connectivity index (χ4n) is 1.68. The zero-order valence-corrected chi connectivity index (χ0v) is 10.2. The molecule has 0 aliphatic rings. The number of carboxylic acid groups (broad SMARTS) is 1. The highest BCUT2D eigenvalue weighted by Crippen LogP contribution is 2.06. The highest BCUT2D eigenvalue weighted by molar-refractivity contribution is 5.66. The minimum Gasteiger partial charge on any atom is -0.481 e. The Morgan fingerprint density at radius 3 is 2.07 bits per heavy atom. The van der Waals surface area contributed by atoms with Crippen molar-refractivity contribution in [2.45, 2.75) is 52.4 Å². The molecule has 1 N–H and O–H groups in total. The van der Waals surface area contributed by atoms with Gasteiger partial charge in [0.05, 0.1) is 0 Å². The summed E-state index contributed by atoms with van der Waals surface area (Å²) in [7, 11) is 0. The van der Waals surface area contributed by atoms with Crippen LogP contribution in [0.15, 0.2) is 0 Å². The van der Waals surface area contributed by atoms with Gasteiger partial charge >= 0.3 is 5.97 Å². The van der Waals surface area contributed by atoms with Crippen molar-refractivity contribution in [1.29, 1.82) is 0 Å². The molecule has 0 aromatic carbocycles. The number of unbranched alkanes of at least 4 members (excludes halogenated alkanes) is 4. The molecular formula is C12H25NO2. The summed E-state index contributed by atoms with van der Waals surface area (Å²) in [6, 6.07) is 0. The van der Waals surface area contributed by atoms with Crippen LogP contribution in [0.25, 0.3) is 0 Å². The molecular weight excluding hydrogens is 190 g/mol. The molecule has 0 unspecified atom stereocenters. The van der Waals surface area contributed by atoms with Crippen molar-refractivity contribution in [3.05, 3.63) is 0 Å². The number of carboxylic acids is 1. The first-order valence-electron chi connectivity index (χ1n) is 6.14. The molecule has 3 heteroatoms. The van der Waals surface area contributed by atoms with Crippen LogP contribution in [0.2, 0.25) is 0 Å². The smallest absolute Gasteiger partial charge is 0.303 e. The van der Waals surface area contributed by atoms with Crippen LogP contribution in [-0.4, -0.2) is 35.6 Å². The standard InChI is InChI=1S/C12H25NO2/c1-3-13(4-2)11-9-7-5-6-8-10-12(14)15/h3-11H2,1-2H3,(H,14,15). The van der Waals surface area contributed by atoms with Crippen molar-refractivity contribution in [3.8, 4) is 0 Å². The van der Waals surface area contributed by atoms with Crippen LogP contribution >= 0.6 is 0 Å². The lowest BCUT2D eigenvalue weighted by Gasteiger charge is -2.17. The van der Waals surface area contributed by atoms with E-state index in [0.717, 1.165) is 25.9 Å². The van der Waals surface area contributed by atoms with Crippen LogP contribution in [0, 0.1) is 0 Å². The van der Waals surface area contributed by atoms with Crippen LogP contribution in [-0.2, 0) is 4.79 Å². The minimum atomic E-state index is -0.668. The van der Waals surface area contributed by atoms with Gasteiger partial charge in [-0.2, -0.15) is 0 Å². The average Bonchev–Trinajstić information content (AvgIpc) is 2.22. The van der Waals surface area contributed by atoms with Crippen molar-refractivity contribution in [1.82, 2.24) is 4.90 Å². The third kappa shape index (κ3) is 9.73. The van der Waals surface area contributed by atoms with Crippen LogP contribution < -0.4 is 0 Å². The van der Waals surface area contributed by atoms with Gasteiger partial charge in [0, 0.05) is 6.42 Å². The van der Waals surface area contributed by atoms with E-state index in [-0.39, 0.29) is 0 Å². The fraction of sp³-hybridized carbons (Fsp3) is 0.917. The van der Waals surface area contributed by atoms with Gasteiger partial charge in [0.15, 0.2) is 0 Å². The molecule has 0 amide bonds. The number of nitrogens with zero attached hydrogens (tertiary/aromatic N) is 1. The summed E-state index contributed by atoms with van der Waals surface area (Å²) in [6.07, 6.45) is 5.88. The summed E-state index contributed by atoms with van der Waals surface area (Å²) >= 11 is 0. The molecule has 0 saturated carbocycles. The molecule has 0 bridgehead atoms. The molecule has 0 aliphatic heterocycles. The van der Waals surface area contributed by atoms with Gasteiger partial charge in [0.25, 0.3) is 0 Å². The topological polar surface area (TPSA) is 40.5 Å². The second-order valence-corrected chi connectivity index (χ2v) is 3.94. The molecule has 3 nitrogen and oxygen atoms in total. The maximum absolute atomic E-state index is 10.2. The Morgan fingerprint density at radius 2 is 1.53 bits per heavy atom. The SMILES string of the molecule is CCN(CC)CCCCCCCC(=O)O. The molecule has 0 aliphatic carbocycles. The summed E-state index contributed by atoms with van der Waals surface area (Å²) in [4.78, 5) is 12.7. The molecule has 0 radical (unpaired) electrons. The van der Waals surface area contributed by atoms with E-state index in [1.807, 2.05) is 0 Å².